The molecular formula is C18H27N3O2. The first-order valence-corrected chi connectivity index (χ1v) is 8.32. The molecule has 1 aliphatic rings. The number of rotatable bonds is 5. The Morgan fingerprint density at radius 2 is 1.87 bits per heavy atom. The summed E-state index contributed by atoms with van der Waals surface area (Å²) in [6, 6.07) is 7.66. The fourth-order valence-electron chi connectivity index (χ4n) is 2.95. The van der Waals surface area contributed by atoms with E-state index < -0.39 is 0 Å². The lowest BCUT2D eigenvalue weighted by Gasteiger charge is -2.34. The second-order valence-electron chi connectivity index (χ2n) is 6.68. The van der Waals surface area contributed by atoms with Gasteiger partial charge in [0.15, 0.2) is 0 Å². The number of amides is 2. The SMILES string of the molecule is CC(C)c1ccc(NC(=O)[C@@H](C)N2CCC[C@@H](C(N)=O)C2)cc1. The maximum Gasteiger partial charge on any atom is 0.241 e. The second kappa shape index (κ2) is 7.59. The average Bonchev–Trinajstić information content (AvgIpc) is 2.54. The number of carbonyl (C=O) groups excluding carboxylic acids is 2. The summed E-state index contributed by atoms with van der Waals surface area (Å²) >= 11 is 0. The molecule has 23 heavy (non-hydrogen) atoms. The first-order valence-electron chi connectivity index (χ1n) is 8.32. The minimum atomic E-state index is -0.276. The van der Waals surface area contributed by atoms with Crippen LogP contribution < -0.4 is 11.1 Å². The van der Waals surface area contributed by atoms with Crippen LogP contribution in [0, 0.1) is 5.92 Å². The number of hydrogen-bond donors (Lipinski definition) is 2. The third kappa shape index (κ3) is 4.55. The van der Waals surface area contributed by atoms with Crippen molar-refractivity contribution in [2.45, 2.75) is 45.6 Å². The number of anilines is 1. The fraction of sp³-hybridized carbons (Fsp3) is 0.556. The number of nitrogens with zero attached hydrogens (tertiary/aromatic N) is 1. The molecule has 3 N–H and O–H groups in total. The van der Waals surface area contributed by atoms with Crippen LogP contribution in [0.2, 0.25) is 0 Å². The molecule has 2 atom stereocenters. The van der Waals surface area contributed by atoms with E-state index in [2.05, 4.69) is 19.2 Å². The Morgan fingerprint density at radius 1 is 1.22 bits per heavy atom. The summed E-state index contributed by atoms with van der Waals surface area (Å²) in [6.07, 6.45) is 1.71. The van der Waals surface area contributed by atoms with Crippen molar-refractivity contribution >= 4 is 17.5 Å². The van der Waals surface area contributed by atoms with Crippen LogP contribution in [0.1, 0.15) is 45.1 Å². The van der Waals surface area contributed by atoms with E-state index in [1.54, 1.807) is 0 Å². The van der Waals surface area contributed by atoms with Crippen molar-refractivity contribution in [3.8, 4) is 0 Å². The highest BCUT2D eigenvalue weighted by Crippen LogP contribution is 2.20. The molecule has 0 spiro atoms. The summed E-state index contributed by atoms with van der Waals surface area (Å²) in [7, 11) is 0. The first-order chi connectivity index (χ1) is 10.9. The molecule has 1 aromatic rings. The van der Waals surface area contributed by atoms with Gasteiger partial charge in [-0.15, -0.1) is 0 Å². The van der Waals surface area contributed by atoms with Gasteiger partial charge in [-0.1, -0.05) is 26.0 Å². The molecule has 126 valence electrons. The van der Waals surface area contributed by atoms with Crippen LogP contribution in [0.5, 0.6) is 0 Å². The van der Waals surface area contributed by atoms with Gasteiger partial charge < -0.3 is 11.1 Å². The lowest BCUT2D eigenvalue weighted by atomic mass is 9.96. The van der Waals surface area contributed by atoms with Gasteiger partial charge in [0.2, 0.25) is 11.8 Å². The largest absolute Gasteiger partial charge is 0.369 e. The lowest BCUT2D eigenvalue weighted by molar-refractivity contribution is -0.127. The van der Waals surface area contributed by atoms with E-state index in [-0.39, 0.29) is 23.8 Å². The van der Waals surface area contributed by atoms with E-state index >= 15 is 0 Å². The quantitative estimate of drug-likeness (QED) is 0.875. The smallest absolute Gasteiger partial charge is 0.241 e. The van der Waals surface area contributed by atoms with E-state index in [1.165, 1.54) is 5.56 Å². The van der Waals surface area contributed by atoms with Crippen molar-refractivity contribution in [3.63, 3.8) is 0 Å². The van der Waals surface area contributed by atoms with Crippen LogP contribution in [0.3, 0.4) is 0 Å². The minimum Gasteiger partial charge on any atom is -0.369 e. The van der Waals surface area contributed by atoms with E-state index in [0.717, 1.165) is 25.1 Å². The Labute approximate surface area is 138 Å². The van der Waals surface area contributed by atoms with Gasteiger partial charge in [-0.05, 0) is 49.9 Å². The monoisotopic (exact) mass is 317 g/mol. The van der Waals surface area contributed by atoms with Crippen LogP contribution in [0.4, 0.5) is 5.69 Å². The second-order valence-corrected chi connectivity index (χ2v) is 6.68. The first kappa shape index (κ1) is 17.5. The number of nitrogens with one attached hydrogen (secondary N) is 1. The zero-order chi connectivity index (χ0) is 17.0. The highest BCUT2D eigenvalue weighted by Gasteiger charge is 2.29. The van der Waals surface area contributed by atoms with Crippen molar-refractivity contribution in [2.75, 3.05) is 18.4 Å². The molecule has 0 aromatic heterocycles. The Hall–Kier alpha value is -1.88. The molecule has 0 saturated carbocycles. The van der Waals surface area contributed by atoms with Crippen molar-refractivity contribution < 1.29 is 9.59 Å². The van der Waals surface area contributed by atoms with Crippen LogP contribution in [-0.2, 0) is 9.59 Å². The van der Waals surface area contributed by atoms with Gasteiger partial charge in [0.25, 0.3) is 0 Å². The van der Waals surface area contributed by atoms with Crippen LogP contribution >= 0.6 is 0 Å². The van der Waals surface area contributed by atoms with Gasteiger partial charge in [0.05, 0.1) is 12.0 Å². The molecule has 2 amide bonds. The third-order valence-electron chi connectivity index (χ3n) is 4.63. The molecule has 1 aliphatic heterocycles. The van der Waals surface area contributed by atoms with Gasteiger partial charge in [0, 0.05) is 12.2 Å². The molecular weight excluding hydrogens is 290 g/mol. The van der Waals surface area contributed by atoms with Crippen molar-refractivity contribution in [3.05, 3.63) is 29.8 Å². The summed E-state index contributed by atoms with van der Waals surface area (Å²) < 4.78 is 0. The summed E-state index contributed by atoms with van der Waals surface area (Å²) in [4.78, 5) is 25.8. The molecule has 2 rings (SSSR count). The van der Waals surface area contributed by atoms with Crippen molar-refractivity contribution in [1.82, 2.24) is 4.90 Å². The molecule has 5 heteroatoms. The zero-order valence-electron chi connectivity index (χ0n) is 14.2. The maximum absolute atomic E-state index is 12.4. The summed E-state index contributed by atoms with van der Waals surface area (Å²) in [5.41, 5.74) is 7.45. The molecule has 5 nitrogen and oxygen atoms in total. The average molecular weight is 317 g/mol. The summed E-state index contributed by atoms with van der Waals surface area (Å²) in [5.74, 6) is 0.00100. The molecule has 1 saturated heterocycles. The van der Waals surface area contributed by atoms with E-state index in [0.29, 0.717) is 12.5 Å². The number of nitrogens with two attached hydrogens (primary N) is 1. The molecule has 1 aromatic carbocycles. The molecule has 1 heterocycles. The summed E-state index contributed by atoms with van der Waals surface area (Å²) in [5, 5.41) is 2.95. The van der Waals surface area contributed by atoms with E-state index in [4.69, 9.17) is 5.73 Å². The van der Waals surface area contributed by atoms with Crippen molar-refractivity contribution in [1.29, 1.82) is 0 Å². The molecule has 0 unspecified atom stereocenters. The Kier molecular flexibility index (Phi) is 5.77. The number of benzene rings is 1. The molecule has 1 fully saturated rings. The van der Waals surface area contributed by atoms with Gasteiger partial charge in [0.1, 0.15) is 0 Å². The molecule has 0 bridgehead atoms. The van der Waals surface area contributed by atoms with E-state index in [9.17, 15) is 9.59 Å². The van der Waals surface area contributed by atoms with Crippen LogP contribution in [0.15, 0.2) is 24.3 Å². The predicted molar refractivity (Wildman–Crippen MR) is 92.1 cm³/mol. The standard InChI is InChI=1S/C18H27N3O2/c1-12(2)14-6-8-16(9-7-14)20-18(23)13(3)21-10-4-5-15(11-21)17(19)22/h6-9,12-13,15H,4-5,10-11H2,1-3H3,(H2,19,22)(H,20,23)/t13-,15-/m1/s1. The molecule has 0 radical (unpaired) electrons. The highest BCUT2D eigenvalue weighted by atomic mass is 16.2. The Bertz CT molecular complexity index is 554. The van der Waals surface area contributed by atoms with E-state index in [1.807, 2.05) is 36.1 Å². The highest BCUT2D eigenvalue weighted by molar-refractivity contribution is 5.94. The predicted octanol–water partition coefficient (Wildman–Crippen LogP) is 2.33. The summed E-state index contributed by atoms with van der Waals surface area (Å²) in [6.45, 7) is 7.55. The molecule has 0 aliphatic carbocycles. The normalized spacial score (nSPS) is 20.3. The van der Waals surface area contributed by atoms with Gasteiger partial charge in [-0.25, -0.2) is 0 Å². The Balaban J connectivity index is 1.95. The number of piperidine rings is 1. The fourth-order valence-corrected chi connectivity index (χ4v) is 2.95. The van der Waals surface area contributed by atoms with Crippen LogP contribution in [-0.4, -0.2) is 35.8 Å². The number of carbonyl (C=O) groups is 2. The third-order valence-corrected chi connectivity index (χ3v) is 4.63. The van der Waals surface area contributed by atoms with Gasteiger partial charge in [-0.2, -0.15) is 0 Å². The van der Waals surface area contributed by atoms with Gasteiger partial charge >= 0.3 is 0 Å². The lowest BCUT2D eigenvalue weighted by Crippen LogP contribution is -2.49. The van der Waals surface area contributed by atoms with Crippen molar-refractivity contribution in [2.24, 2.45) is 11.7 Å². The maximum atomic E-state index is 12.4. The number of primary amides is 1. The van der Waals surface area contributed by atoms with Crippen LogP contribution in [0.25, 0.3) is 0 Å². The zero-order valence-corrected chi connectivity index (χ0v) is 14.2. The topological polar surface area (TPSA) is 75.4 Å². The number of hydrogen-bond acceptors (Lipinski definition) is 3. The Morgan fingerprint density at radius 3 is 2.43 bits per heavy atom. The number of likely N-dealkylation sites (tertiary alicyclic amines) is 1. The van der Waals surface area contributed by atoms with Gasteiger partial charge in [-0.3, -0.25) is 14.5 Å². The minimum absolute atomic E-state index is 0.0487.